The largest absolute Gasteiger partial charge is 0.346 e. The second kappa shape index (κ2) is 4.98. The Hall–Kier alpha value is -1.33. The fraction of sp³-hybridized carbons (Fsp3) is 0.417. The highest BCUT2D eigenvalue weighted by Gasteiger charge is 2.17. The van der Waals surface area contributed by atoms with Gasteiger partial charge in [0, 0.05) is 13.0 Å². The summed E-state index contributed by atoms with van der Waals surface area (Å²) >= 11 is 11.9. The summed E-state index contributed by atoms with van der Waals surface area (Å²) in [7, 11) is 0. The van der Waals surface area contributed by atoms with Gasteiger partial charge in [-0.25, -0.2) is 14.5 Å². The van der Waals surface area contributed by atoms with Gasteiger partial charge in [0.15, 0.2) is 0 Å². The van der Waals surface area contributed by atoms with Crippen molar-refractivity contribution in [2.45, 2.75) is 32.4 Å². The molecule has 0 spiro atoms. The smallest absolute Gasteiger partial charge is 0.279 e. The summed E-state index contributed by atoms with van der Waals surface area (Å²) in [5, 5.41) is 5.19. The molecular weight excluding hydrogens is 287 g/mol. The van der Waals surface area contributed by atoms with Crippen molar-refractivity contribution in [3.63, 3.8) is 0 Å². The number of fused-ring (bicyclic) bond motifs is 1. The van der Waals surface area contributed by atoms with E-state index in [0.717, 1.165) is 31.6 Å². The Morgan fingerprint density at radius 3 is 2.89 bits per heavy atom. The Morgan fingerprint density at radius 2 is 2.11 bits per heavy atom. The van der Waals surface area contributed by atoms with Crippen molar-refractivity contribution in [2.75, 3.05) is 0 Å². The third-order valence-electron chi connectivity index (χ3n) is 3.22. The summed E-state index contributed by atoms with van der Waals surface area (Å²) in [6.07, 6.45) is 2.94. The first-order valence-electron chi connectivity index (χ1n) is 6.12. The monoisotopic (exact) mass is 298 g/mol. The molecular formula is C12H12Cl2N4O. The molecule has 0 radical (unpaired) electrons. The van der Waals surface area contributed by atoms with E-state index < -0.39 is 0 Å². The minimum atomic E-state index is -0.104. The van der Waals surface area contributed by atoms with E-state index in [2.05, 4.69) is 10.1 Å². The van der Waals surface area contributed by atoms with Crippen LogP contribution in [0.15, 0.2) is 16.9 Å². The molecule has 2 aromatic heterocycles. The molecule has 0 saturated heterocycles. The highest BCUT2D eigenvalue weighted by Crippen LogP contribution is 2.17. The first-order valence-corrected chi connectivity index (χ1v) is 6.88. The van der Waals surface area contributed by atoms with Crippen LogP contribution in [0.3, 0.4) is 0 Å². The number of hydrogen-bond acceptors (Lipinski definition) is 3. The summed E-state index contributed by atoms with van der Waals surface area (Å²) in [6, 6.07) is 3.29. The van der Waals surface area contributed by atoms with Gasteiger partial charge in [0.1, 0.15) is 11.0 Å². The third-order valence-corrected chi connectivity index (χ3v) is 3.77. The van der Waals surface area contributed by atoms with Crippen LogP contribution in [-0.2, 0) is 19.5 Å². The molecule has 0 bridgehead atoms. The van der Waals surface area contributed by atoms with Gasteiger partial charge in [-0.2, -0.15) is 5.10 Å². The van der Waals surface area contributed by atoms with Crippen LogP contribution in [0.2, 0.25) is 10.2 Å². The van der Waals surface area contributed by atoms with E-state index in [1.807, 2.05) is 0 Å². The number of rotatable bonds is 2. The van der Waals surface area contributed by atoms with Crippen molar-refractivity contribution in [1.82, 2.24) is 19.3 Å². The number of nitrogens with zero attached hydrogens (tertiary/aromatic N) is 4. The summed E-state index contributed by atoms with van der Waals surface area (Å²) < 4.78 is 3.13. The number of hydrogen-bond donors (Lipinski definition) is 0. The minimum Gasteiger partial charge on any atom is -0.279 e. The molecule has 5 nitrogen and oxygen atoms in total. The van der Waals surface area contributed by atoms with Crippen LogP contribution in [0, 0.1) is 0 Å². The number of pyridine rings is 1. The predicted octanol–water partition coefficient (Wildman–Crippen LogP) is 2.13. The van der Waals surface area contributed by atoms with Crippen LogP contribution < -0.4 is 5.69 Å². The fourth-order valence-electron chi connectivity index (χ4n) is 2.26. The van der Waals surface area contributed by atoms with E-state index in [9.17, 15) is 4.79 Å². The summed E-state index contributed by atoms with van der Waals surface area (Å²) in [4.78, 5) is 16.3. The lowest BCUT2D eigenvalue weighted by Gasteiger charge is -2.09. The molecule has 1 aliphatic rings. The maximum Gasteiger partial charge on any atom is 0.346 e. The summed E-state index contributed by atoms with van der Waals surface area (Å²) in [6.45, 7) is 0.989. The maximum absolute atomic E-state index is 12.2. The Labute approximate surface area is 119 Å². The topological polar surface area (TPSA) is 52.7 Å². The normalized spacial score (nSPS) is 14.4. The van der Waals surface area contributed by atoms with Crippen molar-refractivity contribution in [3.8, 4) is 0 Å². The first kappa shape index (κ1) is 12.7. The Bertz CT molecular complexity index is 677. The predicted molar refractivity (Wildman–Crippen MR) is 72.8 cm³/mol. The van der Waals surface area contributed by atoms with E-state index in [1.165, 1.54) is 4.68 Å². The Morgan fingerprint density at radius 1 is 1.26 bits per heavy atom. The highest BCUT2D eigenvalue weighted by molar-refractivity contribution is 6.32. The van der Waals surface area contributed by atoms with Crippen molar-refractivity contribution < 1.29 is 0 Å². The first-order chi connectivity index (χ1) is 9.15. The molecule has 19 heavy (non-hydrogen) atoms. The second-order valence-electron chi connectivity index (χ2n) is 4.53. The average Bonchev–Trinajstić information content (AvgIpc) is 2.72. The van der Waals surface area contributed by atoms with E-state index >= 15 is 0 Å². The molecule has 0 N–H and O–H groups in total. The molecule has 1 aliphatic heterocycles. The zero-order valence-electron chi connectivity index (χ0n) is 10.1. The molecule has 2 aromatic rings. The van der Waals surface area contributed by atoms with Crippen molar-refractivity contribution in [1.29, 1.82) is 0 Å². The van der Waals surface area contributed by atoms with Gasteiger partial charge in [0.2, 0.25) is 0 Å². The highest BCUT2D eigenvalue weighted by atomic mass is 35.5. The van der Waals surface area contributed by atoms with Gasteiger partial charge in [-0.05, 0) is 25.0 Å². The maximum atomic E-state index is 12.2. The van der Waals surface area contributed by atoms with Crippen LogP contribution >= 0.6 is 23.2 Å². The molecule has 3 rings (SSSR count). The minimum absolute atomic E-state index is 0.104. The van der Waals surface area contributed by atoms with Crippen LogP contribution in [0.4, 0.5) is 0 Å². The van der Waals surface area contributed by atoms with Gasteiger partial charge in [-0.15, -0.1) is 0 Å². The fourth-order valence-corrected chi connectivity index (χ4v) is 2.59. The average molecular weight is 299 g/mol. The molecule has 0 amide bonds. The van der Waals surface area contributed by atoms with E-state index in [-0.39, 0.29) is 12.2 Å². The number of halogens is 2. The lowest BCUT2D eigenvalue weighted by atomic mass is 10.2. The summed E-state index contributed by atoms with van der Waals surface area (Å²) in [5.41, 5.74) is 0.458. The van der Waals surface area contributed by atoms with Gasteiger partial charge >= 0.3 is 5.69 Å². The van der Waals surface area contributed by atoms with Gasteiger partial charge in [0.25, 0.3) is 0 Å². The SMILES string of the molecule is O=c1n(Cc2nc(Cl)ccc2Cl)nc2n1CCCC2. The van der Waals surface area contributed by atoms with Crippen LogP contribution in [-0.4, -0.2) is 19.3 Å². The molecule has 0 fully saturated rings. The van der Waals surface area contributed by atoms with Gasteiger partial charge < -0.3 is 0 Å². The van der Waals surface area contributed by atoms with Crippen LogP contribution in [0.5, 0.6) is 0 Å². The quantitative estimate of drug-likeness (QED) is 0.798. The second-order valence-corrected chi connectivity index (χ2v) is 5.32. The zero-order valence-corrected chi connectivity index (χ0v) is 11.7. The van der Waals surface area contributed by atoms with E-state index in [0.29, 0.717) is 15.9 Å². The van der Waals surface area contributed by atoms with Crippen molar-refractivity contribution in [2.24, 2.45) is 0 Å². The number of aryl methyl sites for hydroxylation is 1. The lowest BCUT2D eigenvalue weighted by molar-refractivity contribution is 0.511. The van der Waals surface area contributed by atoms with Crippen molar-refractivity contribution >= 4 is 23.2 Å². The zero-order chi connectivity index (χ0) is 13.4. The molecule has 0 aromatic carbocycles. The molecule has 0 aliphatic carbocycles. The van der Waals surface area contributed by atoms with E-state index in [1.54, 1.807) is 16.7 Å². The van der Waals surface area contributed by atoms with Crippen molar-refractivity contribution in [3.05, 3.63) is 44.3 Å². The molecule has 100 valence electrons. The van der Waals surface area contributed by atoms with E-state index in [4.69, 9.17) is 23.2 Å². The lowest BCUT2D eigenvalue weighted by Crippen LogP contribution is -2.27. The number of aromatic nitrogens is 4. The molecule has 7 heteroatoms. The Kier molecular flexibility index (Phi) is 3.33. The Balaban J connectivity index is 1.97. The standard InChI is InChI=1S/C12H12Cl2N4O/c13-8-4-5-10(14)15-9(8)7-18-12(19)17-6-2-1-3-11(17)16-18/h4-5H,1-3,6-7H2. The third kappa shape index (κ3) is 2.40. The van der Waals surface area contributed by atoms with Crippen LogP contribution in [0.1, 0.15) is 24.4 Å². The van der Waals surface area contributed by atoms with Gasteiger partial charge in [0.05, 0.1) is 17.3 Å². The summed E-state index contributed by atoms with van der Waals surface area (Å²) in [5.74, 6) is 0.842. The van der Waals surface area contributed by atoms with Gasteiger partial charge in [-0.1, -0.05) is 23.2 Å². The molecule has 0 atom stereocenters. The molecule has 0 saturated carbocycles. The van der Waals surface area contributed by atoms with Crippen LogP contribution in [0.25, 0.3) is 0 Å². The molecule has 3 heterocycles. The molecule has 0 unspecified atom stereocenters. The van der Waals surface area contributed by atoms with Gasteiger partial charge in [-0.3, -0.25) is 4.57 Å².